The quantitative estimate of drug-likeness (QED) is 0.623. The molecule has 0 spiro atoms. The molecule has 1 rings (SSSR count). The Hall–Kier alpha value is -1.60. The van der Waals surface area contributed by atoms with Crippen molar-refractivity contribution in [3.8, 4) is 0 Å². The number of benzene rings is 1. The minimum absolute atomic E-state index is 0.158. The fraction of sp³-hybridized carbons (Fsp3) is 0.429. The van der Waals surface area contributed by atoms with E-state index in [1.165, 1.54) is 12.1 Å². The van der Waals surface area contributed by atoms with Crippen LogP contribution in [0.3, 0.4) is 0 Å². The van der Waals surface area contributed by atoms with Crippen LogP contribution in [-0.4, -0.2) is 37.4 Å². The third-order valence-electron chi connectivity index (χ3n) is 2.78. The van der Waals surface area contributed by atoms with Gasteiger partial charge in [0.1, 0.15) is 0 Å². The second-order valence-corrected chi connectivity index (χ2v) is 5.29. The van der Waals surface area contributed by atoms with Crippen LogP contribution in [0.1, 0.15) is 29.6 Å². The molecule has 0 aromatic heterocycles. The molecule has 0 radical (unpaired) electrons. The van der Waals surface area contributed by atoms with Gasteiger partial charge in [-0.25, -0.2) is 9.59 Å². The molecular weight excluding hydrogens is 340 g/mol. The molecule has 0 aliphatic rings. The molecule has 0 saturated carbocycles. The van der Waals surface area contributed by atoms with Crippen LogP contribution in [0.4, 0.5) is 10.5 Å². The van der Waals surface area contributed by atoms with Gasteiger partial charge in [-0.1, -0.05) is 0 Å². The standard InChI is InChI=1S/C14H19BrN2O4/c1-21-8-4-2-3-7-16-14(20)17-12-6-5-10(13(18)19)9-11(12)15/h5-6,9H,2-4,7-8H2,1H3,(H,18,19)(H2,16,17,20). The first-order valence-corrected chi connectivity index (χ1v) is 7.40. The lowest BCUT2D eigenvalue weighted by Gasteiger charge is -2.09. The van der Waals surface area contributed by atoms with Crippen LogP contribution in [0.2, 0.25) is 0 Å². The van der Waals surface area contributed by atoms with Crippen LogP contribution >= 0.6 is 15.9 Å². The molecule has 0 heterocycles. The highest BCUT2D eigenvalue weighted by Gasteiger charge is 2.08. The molecule has 1 aromatic carbocycles. The monoisotopic (exact) mass is 358 g/mol. The molecule has 1 aromatic rings. The number of carbonyl (C=O) groups excluding carboxylic acids is 1. The summed E-state index contributed by atoms with van der Waals surface area (Å²) in [6, 6.07) is 4.12. The zero-order valence-corrected chi connectivity index (χ0v) is 13.4. The Morgan fingerprint density at radius 1 is 1.29 bits per heavy atom. The number of hydrogen-bond donors (Lipinski definition) is 3. The van der Waals surface area contributed by atoms with Gasteiger partial charge in [0.2, 0.25) is 0 Å². The van der Waals surface area contributed by atoms with Gasteiger partial charge in [-0.2, -0.15) is 0 Å². The lowest BCUT2D eigenvalue weighted by molar-refractivity contribution is 0.0697. The van der Waals surface area contributed by atoms with Crippen molar-refractivity contribution in [2.45, 2.75) is 19.3 Å². The molecule has 0 fully saturated rings. The Morgan fingerprint density at radius 3 is 2.67 bits per heavy atom. The lowest BCUT2D eigenvalue weighted by Crippen LogP contribution is -2.29. The summed E-state index contributed by atoms with van der Waals surface area (Å²) in [5.41, 5.74) is 0.683. The molecule has 0 unspecified atom stereocenters. The fourth-order valence-electron chi connectivity index (χ4n) is 1.67. The Labute approximate surface area is 132 Å². The van der Waals surface area contributed by atoms with Crippen molar-refractivity contribution in [3.63, 3.8) is 0 Å². The number of halogens is 1. The molecule has 0 atom stereocenters. The third kappa shape index (κ3) is 6.59. The van der Waals surface area contributed by atoms with E-state index in [1.54, 1.807) is 13.2 Å². The number of urea groups is 1. The normalized spacial score (nSPS) is 10.2. The molecule has 21 heavy (non-hydrogen) atoms. The predicted molar refractivity (Wildman–Crippen MR) is 83.8 cm³/mol. The lowest BCUT2D eigenvalue weighted by atomic mass is 10.2. The van der Waals surface area contributed by atoms with E-state index in [0.717, 1.165) is 25.9 Å². The number of nitrogens with one attached hydrogen (secondary N) is 2. The average molecular weight is 359 g/mol. The summed E-state index contributed by atoms with van der Waals surface area (Å²) in [5.74, 6) is -1.01. The molecule has 0 aliphatic carbocycles. The summed E-state index contributed by atoms with van der Waals surface area (Å²) in [7, 11) is 1.67. The minimum Gasteiger partial charge on any atom is -0.478 e. The van der Waals surface area contributed by atoms with Crippen molar-refractivity contribution < 1.29 is 19.4 Å². The summed E-state index contributed by atoms with van der Waals surface area (Å²) >= 11 is 3.23. The highest BCUT2D eigenvalue weighted by molar-refractivity contribution is 9.10. The Bertz CT molecular complexity index is 494. The topological polar surface area (TPSA) is 87.7 Å². The maximum Gasteiger partial charge on any atom is 0.335 e. The molecule has 116 valence electrons. The van der Waals surface area contributed by atoms with E-state index in [-0.39, 0.29) is 11.6 Å². The Balaban J connectivity index is 2.36. The van der Waals surface area contributed by atoms with E-state index in [4.69, 9.17) is 9.84 Å². The number of rotatable bonds is 8. The van der Waals surface area contributed by atoms with Gasteiger partial charge < -0.3 is 20.5 Å². The van der Waals surface area contributed by atoms with Gasteiger partial charge in [-0.15, -0.1) is 0 Å². The van der Waals surface area contributed by atoms with Gasteiger partial charge in [0.25, 0.3) is 0 Å². The van der Waals surface area contributed by atoms with Gasteiger partial charge in [0.15, 0.2) is 0 Å². The van der Waals surface area contributed by atoms with Crippen molar-refractivity contribution in [1.29, 1.82) is 0 Å². The molecule has 2 amide bonds. The van der Waals surface area contributed by atoms with E-state index < -0.39 is 5.97 Å². The van der Waals surface area contributed by atoms with Crippen LogP contribution in [-0.2, 0) is 4.74 Å². The van der Waals surface area contributed by atoms with E-state index in [0.29, 0.717) is 16.7 Å². The number of amides is 2. The van der Waals surface area contributed by atoms with Crippen LogP contribution in [0.15, 0.2) is 22.7 Å². The molecular formula is C14H19BrN2O4. The van der Waals surface area contributed by atoms with E-state index >= 15 is 0 Å². The number of carboxylic acids is 1. The molecule has 0 bridgehead atoms. The summed E-state index contributed by atoms with van der Waals surface area (Å²) in [5, 5.41) is 14.3. The number of hydrogen-bond acceptors (Lipinski definition) is 3. The van der Waals surface area contributed by atoms with Gasteiger partial charge in [-0.3, -0.25) is 0 Å². The van der Waals surface area contributed by atoms with Crippen LogP contribution in [0.25, 0.3) is 0 Å². The summed E-state index contributed by atoms with van der Waals surface area (Å²) < 4.78 is 5.47. The maximum absolute atomic E-state index is 11.7. The first-order valence-electron chi connectivity index (χ1n) is 6.61. The number of methoxy groups -OCH3 is 1. The van der Waals surface area contributed by atoms with Crippen molar-refractivity contribution in [1.82, 2.24) is 5.32 Å². The Morgan fingerprint density at radius 2 is 2.05 bits per heavy atom. The second kappa shape index (κ2) is 9.36. The zero-order chi connectivity index (χ0) is 15.7. The molecule has 7 heteroatoms. The highest BCUT2D eigenvalue weighted by atomic mass is 79.9. The maximum atomic E-state index is 11.7. The molecule has 3 N–H and O–H groups in total. The van der Waals surface area contributed by atoms with Crippen molar-refractivity contribution in [2.75, 3.05) is 25.6 Å². The number of ether oxygens (including phenoxy) is 1. The first-order chi connectivity index (χ1) is 10.0. The first kappa shape index (κ1) is 17.5. The van der Waals surface area contributed by atoms with Gasteiger partial charge in [0, 0.05) is 24.7 Å². The molecule has 0 aliphatic heterocycles. The minimum atomic E-state index is -1.01. The molecule has 6 nitrogen and oxygen atoms in total. The van der Waals surface area contributed by atoms with Crippen molar-refractivity contribution in [2.24, 2.45) is 0 Å². The smallest absolute Gasteiger partial charge is 0.335 e. The van der Waals surface area contributed by atoms with Crippen LogP contribution in [0, 0.1) is 0 Å². The largest absolute Gasteiger partial charge is 0.478 e. The van der Waals surface area contributed by atoms with Crippen molar-refractivity contribution in [3.05, 3.63) is 28.2 Å². The van der Waals surface area contributed by atoms with E-state index in [2.05, 4.69) is 26.6 Å². The fourth-order valence-corrected chi connectivity index (χ4v) is 2.14. The van der Waals surface area contributed by atoms with Crippen LogP contribution < -0.4 is 10.6 Å². The number of anilines is 1. The number of carboxylic acid groups (broad SMARTS) is 1. The number of carbonyl (C=O) groups is 2. The average Bonchev–Trinajstić information content (AvgIpc) is 2.44. The molecule has 0 saturated heterocycles. The SMILES string of the molecule is COCCCCCNC(=O)Nc1ccc(C(=O)O)cc1Br. The third-order valence-corrected chi connectivity index (χ3v) is 3.43. The summed E-state index contributed by atoms with van der Waals surface area (Å²) in [6.07, 6.45) is 2.85. The van der Waals surface area contributed by atoms with Gasteiger partial charge in [0.05, 0.1) is 11.3 Å². The van der Waals surface area contributed by atoms with E-state index in [9.17, 15) is 9.59 Å². The zero-order valence-electron chi connectivity index (χ0n) is 11.8. The second-order valence-electron chi connectivity index (χ2n) is 4.43. The van der Waals surface area contributed by atoms with Gasteiger partial charge in [-0.05, 0) is 53.4 Å². The van der Waals surface area contributed by atoms with Crippen molar-refractivity contribution >= 4 is 33.6 Å². The van der Waals surface area contributed by atoms with Gasteiger partial charge >= 0.3 is 12.0 Å². The summed E-state index contributed by atoms with van der Waals surface area (Å²) in [6.45, 7) is 1.31. The van der Waals surface area contributed by atoms with Crippen LogP contribution in [0.5, 0.6) is 0 Å². The summed E-state index contributed by atoms with van der Waals surface area (Å²) in [4.78, 5) is 22.5. The van der Waals surface area contributed by atoms with E-state index in [1.807, 2.05) is 0 Å². The number of unbranched alkanes of at least 4 members (excludes halogenated alkanes) is 2. The Kier molecular flexibility index (Phi) is 7.78. The number of aromatic carboxylic acids is 1. The highest BCUT2D eigenvalue weighted by Crippen LogP contribution is 2.23. The predicted octanol–water partition coefficient (Wildman–Crippen LogP) is 3.09.